The van der Waals surface area contributed by atoms with Crippen molar-refractivity contribution < 1.29 is 18.7 Å². The summed E-state index contributed by atoms with van der Waals surface area (Å²) in [5.74, 6) is 0.241. The number of carbonyl (C=O) groups is 1. The number of cyclic esters (lactones) is 1. The van der Waals surface area contributed by atoms with Gasteiger partial charge < -0.3 is 9.47 Å². The molecule has 4 nitrogen and oxygen atoms in total. The lowest BCUT2D eigenvalue weighted by Gasteiger charge is -2.16. The van der Waals surface area contributed by atoms with Gasteiger partial charge in [0.25, 0.3) is 0 Å². The summed E-state index contributed by atoms with van der Waals surface area (Å²) in [4.78, 5) is 13.4. The van der Waals surface area contributed by atoms with Crippen LogP contribution >= 0.6 is 0 Å². The number of ether oxygens (including phenoxy) is 2. The minimum absolute atomic E-state index is 0.142. The van der Waals surface area contributed by atoms with Crippen molar-refractivity contribution >= 4 is 11.8 Å². The number of anilines is 1. The zero-order valence-electron chi connectivity index (χ0n) is 14.7. The van der Waals surface area contributed by atoms with Gasteiger partial charge in [0.15, 0.2) is 0 Å². The Hall–Kier alpha value is -2.56. The number of nitrogens with zero attached hydrogens (tertiary/aromatic N) is 1. The molecule has 0 saturated carbocycles. The van der Waals surface area contributed by atoms with Crippen LogP contribution in [-0.2, 0) is 11.2 Å². The standard InChI is InChI=1S/C20H22FNO3/c1-4-13-6-8-17(19(10-13)24-3)16-9-7-14(11-18(16)21)22-12-15(5-2)25-20(22)23/h6-11,15H,4-5,12H2,1-3H3/t15-/m0/s1. The molecule has 3 rings (SSSR count). The Morgan fingerprint density at radius 3 is 2.56 bits per heavy atom. The van der Waals surface area contributed by atoms with Gasteiger partial charge in [0, 0.05) is 11.1 Å². The van der Waals surface area contributed by atoms with E-state index in [1.165, 1.54) is 11.0 Å². The summed E-state index contributed by atoms with van der Waals surface area (Å²) < 4.78 is 25.4. The molecule has 0 N–H and O–H groups in total. The van der Waals surface area contributed by atoms with Crippen LogP contribution in [0.2, 0.25) is 0 Å². The van der Waals surface area contributed by atoms with Crippen LogP contribution in [-0.4, -0.2) is 25.9 Å². The van der Waals surface area contributed by atoms with Crippen molar-refractivity contribution in [3.8, 4) is 16.9 Å². The maximum atomic E-state index is 14.8. The van der Waals surface area contributed by atoms with Gasteiger partial charge >= 0.3 is 6.09 Å². The lowest BCUT2D eigenvalue weighted by Crippen LogP contribution is -2.24. The molecule has 5 heteroatoms. The van der Waals surface area contributed by atoms with Crippen LogP contribution in [0.15, 0.2) is 36.4 Å². The summed E-state index contributed by atoms with van der Waals surface area (Å²) in [7, 11) is 1.58. The molecule has 0 radical (unpaired) electrons. The van der Waals surface area contributed by atoms with Gasteiger partial charge in [0.1, 0.15) is 17.7 Å². The first-order valence-corrected chi connectivity index (χ1v) is 8.52. The van der Waals surface area contributed by atoms with Gasteiger partial charge in [-0.1, -0.05) is 26.0 Å². The SMILES string of the molecule is CCc1ccc(-c2ccc(N3C[C@H](CC)OC3=O)cc2F)c(OC)c1. The average Bonchev–Trinajstić information content (AvgIpc) is 3.02. The zero-order chi connectivity index (χ0) is 18.0. The topological polar surface area (TPSA) is 38.8 Å². The summed E-state index contributed by atoms with van der Waals surface area (Å²) >= 11 is 0. The van der Waals surface area contributed by atoms with Crippen molar-refractivity contribution in [3.05, 3.63) is 47.8 Å². The molecule has 0 unspecified atom stereocenters. The lowest BCUT2D eigenvalue weighted by molar-refractivity contribution is 0.139. The summed E-state index contributed by atoms with van der Waals surface area (Å²) in [5.41, 5.74) is 2.77. The molecule has 1 fully saturated rings. The smallest absolute Gasteiger partial charge is 0.414 e. The summed E-state index contributed by atoms with van der Waals surface area (Å²) in [6, 6.07) is 10.6. The molecular weight excluding hydrogens is 321 g/mol. The number of rotatable bonds is 5. The Labute approximate surface area is 147 Å². The van der Waals surface area contributed by atoms with Gasteiger partial charge in [-0.2, -0.15) is 0 Å². The van der Waals surface area contributed by atoms with E-state index in [1.54, 1.807) is 19.2 Å². The van der Waals surface area contributed by atoms with Crippen LogP contribution in [0, 0.1) is 5.82 Å². The van der Waals surface area contributed by atoms with Crippen molar-refractivity contribution in [3.63, 3.8) is 0 Å². The molecule has 1 atom stereocenters. The molecular formula is C20H22FNO3. The number of halogens is 1. The largest absolute Gasteiger partial charge is 0.496 e. The Balaban J connectivity index is 1.94. The molecule has 1 amide bonds. The van der Waals surface area contributed by atoms with Crippen molar-refractivity contribution in [1.82, 2.24) is 0 Å². The van der Waals surface area contributed by atoms with Gasteiger partial charge in [-0.25, -0.2) is 9.18 Å². The second-order valence-electron chi connectivity index (χ2n) is 6.08. The zero-order valence-corrected chi connectivity index (χ0v) is 14.7. The maximum absolute atomic E-state index is 14.8. The molecule has 0 bridgehead atoms. The molecule has 0 aromatic heterocycles. The predicted molar refractivity (Wildman–Crippen MR) is 95.7 cm³/mol. The van der Waals surface area contributed by atoms with E-state index in [-0.39, 0.29) is 6.10 Å². The van der Waals surface area contributed by atoms with Crippen LogP contribution in [0.25, 0.3) is 11.1 Å². The van der Waals surface area contributed by atoms with E-state index in [0.29, 0.717) is 29.1 Å². The summed E-state index contributed by atoms with van der Waals surface area (Å²) in [5, 5.41) is 0. The third kappa shape index (κ3) is 3.31. The summed E-state index contributed by atoms with van der Waals surface area (Å²) in [6.45, 7) is 4.46. The number of aryl methyl sites for hydroxylation is 1. The van der Waals surface area contributed by atoms with Crippen LogP contribution < -0.4 is 9.64 Å². The van der Waals surface area contributed by atoms with E-state index >= 15 is 0 Å². The second-order valence-corrected chi connectivity index (χ2v) is 6.08. The third-order valence-electron chi connectivity index (χ3n) is 4.56. The highest BCUT2D eigenvalue weighted by atomic mass is 19.1. The minimum atomic E-state index is -0.427. The van der Waals surface area contributed by atoms with Crippen LogP contribution in [0.5, 0.6) is 5.75 Å². The number of benzene rings is 2. The van der Waals surface area contributed by atoms with Crippen LogP contribution in [0.4, 0.5) is 14.9 Å². The first-order valence-electron chi connectivity index (χ1n) is 8.52. The minimum Gasteiger partial charge on any atom is -0.496 e. The van der Waals surface area contributed by atoms with Crippen LogP contribution in [0.1, 0.15) is 25.8 Å². The van der Waals surface area contributed by atoms with Gasteiger partial charge in [0.05, 0.1) is 19.3 Å². The van der Waals surface area contributed by atoms with E-state index in [2.05, 4.69) is 6.92 Å². The second kappa shape index (κ2) is 7.13. The molecule has 1 aliphatic rings. The highest BCUT2D eigenvalue weighted by molar-refractivity contribution is 5.90. The van der Waals surface area contributed by atoms with Gasteiger partial charge in [-0.05, 0) is 42.7 Å². The van der Waals surface area contributed by atoms with Gasteiger partial charge in [0.2, 0.25) is 0 Å². The Bertz CT molecular complexity index is 791. The molecule has 2 aromatic rings. The number of hydrogen-bond acceptors (Lipinski definition) is 3. The number of amides is 1. The molecule has 0 spiro atoms. The van der Waals surface area contributed by atoms with E-state index < -0.39 is 11.9 Å². The molecule has 132 valence electrons. The normalized spacial score (nSPS) is 16.9. The number of methoxy groups -OCH3 is 1. The molecule has 1 aliphatic heterocycles. The van der Waals surface area contributed by atoms with Gasteiger partial charge in [-0.15, -0.1) is 0 Å². The molecule has 1 saturated heterocycles. The molecule has 2 aromatic carbocycles. The maximum Gasteiger partial charge on any atom is 0.414 e. The van der Waals surface area contributed by atoms with E-state index in [0.717, 1.165) is 18.4 Å². The highest BCUT2D eigenvalue weighted by Crippen LogP contribution is 2.35. The van der Waals surface area contributed by atoms with Gasteiger partial charge in [-0.3, -0.25) is 4.90 Å². The van der Waals surface area contributed by atoms with Crippen molar-refractivity contribution in [2.75, 3.05) is 18.6 Å². The Morgan fingerprint density at radius 1 is 1.20 bits per heavy atom. The fraction of sp³-hybridized carbons (Fsp3) is 0.350. The fourth-order valence-corrected chi connectivity index (χ4v) is 3.01. The van der Waals surface area contributed by atoms with Crippen molar-refractivity contribution in [1.29, 1.82) is 0 Å². The third-order valence-corrected chi connectivity index (χ3v) is 4.56. The lowest BCUT2D eigenvalue weighted by atomic mass is 10.0. The first kappa shape index (κ1) is 17.3. The fourth-order valence-electron chi connectivity index (χ4n) is 3.01. The Morgan fingerprint density at radius 2 is 1.96 bits per heavy atom. The number of carbonyl (C=O) groups excluding carboxylic acids is 1. The molecule has 1 heterocycles. The Kier molecular flexibility index (Phi) is 4.93. The monoisotopic (exact) mass is 343 g/mol. The molecule has 25 heavy (non-hydrogen) atoms. The average molecular weight is 343 g/mol. The summed E-state index contributed by atoms with van der Waals surface area (Å²) in [6.07, 6.45) is 1.05. The number of hydrogen-bond donors (Lipinski definition) is 0. The quantitative estimate of drug-likeness (QED) is 0.783. The molecule has 0 aliphatic carbocycles. The first-order chi connectivity index (χ1) is 12.1. The van der Waals surface area contributed by atoms with Crippen molar-refractivity contribution in [2.45, 2.75) is 32.8 Å². The van der Waals surface area contributed by atoms with E-state index in [9.17, 15) is 9.18 Å². The highest BCUT2D eigenvalue weighted by Gasteiger charge is 2.31. The predicted octanol–water partition coefficient (Wildman–Crippen LogP) is 4.80. The van der Waals surface area contributed by atoms with E-state index in [1.807, 2.05) is 25.1 Å². The van der Waals surface area contributed by atoms with E-state index in [4.69, 9.17) is 9.47 Å². The van der Waals surface area contributed by atoms with Crippen LogP contribution in [0.3, 0.4) is 0 Å². The van der Waals surface area contributed by atoms with Crippen molar-refractivity contribution in [2.24, 2.45) is 0 Å².